The molecule has 0 fully saturated rings. The van der Waals surface area contributed by atoms with E-state index in [-0.39, 0.29) is 5.83 Å². The fraction of sp³-hybridized carbons (Fsp3) is 0.500. The van der Waals surface area contributed by atoms with Crippen LogP contribution in [0.15, 0.2) is 16.9 Å². The molecular weight excluding hydrogens is 105 g/mol. The first-order chi connectivity index (χ1) is 3.81. The zero-order valence-electron chi connectivity index (χ0n) is 5.19. The SMILES string of the molecule is CC/C=C(F)\C=N/C. The Hall–Kier alpha value is -0.660. The first kappa shape index (κ1) is 7.34. The highest BCUT2D eigenvalue weighted by Gasteiger charge is 1.81. The van der Waals surface area contributed by atoms with Crippen molar-refractivity contribution in [2.75, 3.05) is 7.05 Å². The Morgan fingerprint density at radius 3 is 2.75 bits per heavy atom. The van der Waals surface area contributed by atoms with E-state index in [0.717, 1.165) is 6.42 Å². The zero-order valence-corrected chi connectivity index (χ0v) is 5.19. The maximum absolute atomic E-state index is 12.1. The van der Waals surface area contributed by atoms with E-state index in [1.165, 1.54) is 12.3 Å². The minimum Gasteiger partial charge on any atom is -0.293 e. The van der Waals surface area contributed by atoms with Gasteiger partial charge in [-0.1, -0.05) is 6.92 Å². The number of hydrogen-bond acceptors (Lipinski definition) is 1. The predicted octanol–water partition coefficient (Wildman–Crippen LogP) is 1.95. The van der Waals surface area contributed by atoms with Crippen molar-refractivity contribution < 1.29 is 4.39 Å². The molecule has 0 atom stereocenters. The predicted molar refractivity (Wildman–Crippen MR) is 33.9 cm³/mol. The molecule has 0 unspecified atom stereocenters. The third-order valence-corrected chi connectivity index (χ3v) is 0.652. The molecule has 0 spiro atoms. The Bertz CT molecular complexity index is 105. The lowest BCUT2D eigenvalue weighted by Gasteiger charge is -1.80. The van der Waals surface area contributed by atoms with Crippen molar-refractivity contribution in [2.45, 2.75) is 13.3 Å². The molecule has 0 aliphatic heterocycles. The van der Waals surface area contributed by atoms with Gasteiger partial charge >= 0.3 is 0 Å². The lowest BCUT2D eigenvalue weighted by atomic mass is 10.4. The van der Waals surface area contributed by atoms with E-state index < -0.39 is 0 Å². The van der Waals surface area contributed by atoms with Gasteiger partial charge in [-0.15, -0.1) is 0 Å². The number of rotatable bonds is 2. The fourth-order valence-corrected chi connectivity index (χ4v) is 0.371. The van der Waals surface area contributed by atoms with Crippen LogP contribution in [0.3, 0.4) is 0 Å². The van der Waals surface area contributed by atoms with E-state index in [0.29, 0.717) is 0 Å². The van der Waals surface area contributed by atoms with Gasteiger partial charge in [0.1, 0.15) is 5.83 Å². The summed E-state index contributed by atoms with van der Waals surface area (Å²) in [5.41, 5.74) is 0. The molecule has 0 aromatic rings. The highest BCUT2D eigenvalue weighted by molar-refractivity contribution is 5.75. The van der Waals surface area contributed by atoms with E-state index in [1.807, 2.05) is 6.92 Å². The summed E-state index contributed by atoms with van der Waals surface area (Å²) in [5.74, 6) is -0.255. The largest absolute Gasteiger partial charge is 0.293 e. The van der Waals surface area contributed by atoms with Gasteiger partial charge in [0.2, 0.25) is 0 Å². The number of hydrogen-bond donors (Lipinski definition) is 0. The molecule has 0 aromatic carbocycles. The summed E-state index contributed by atoms with van der Waals surface area (Å²) in [7, 11) is 1.54. The van der Waals surface area contributed by atoms with Crippen molar-refractivity contribution in [3.63, 3.8) is 0 Å². The fourth-order valence-electron chi connectivity index (χ4n) is 0.371. The summed E-state index contributed by atoms with van der Waals surface area (Å²) >= 11 is 0. The second-order valence-corrected chi connectivity index (χ2v) is 1.38. The molecule has 0 heterocycles. The second-order valence-electron chi connectivity index (χ2n) is 1.38. The van der Waals surface area contributed by atoms with Crippen molar-refractivity contribution in [1.29, 1.82) is 0 Å². The van der Waals surface area contributed by atoms with Crippen molar-refractivity contribution >= 4 is 6.21 Å². The molecule has 0 N–H and O–H groups in total. The van der Waals surface area contributed by atoms with Gasteiger partial charge < -0.3 is 0 Å². The van der Waals surface area contributed by atoms with Gasteiger partial charge in [-0.3, -0.25) is 4.99 Å². The lowest BCUT2D eigenvalue weighted by Crippen LogP contribution is -1.72. The molecule has 0 rings (SSSR count). The number of nitrogens with zero attached hydrogens (tertiary/aromatic N) is 1. The third-order valence-electron chi connectivity index (χ3n) is 0.652. The van der Waals surface area contributed by atoms with E-state index in [1.54, 1.807) is 7.05 Å². The Kier molecular flexibility index (Phi) is 4.13. The molecule has 0 bridgehead atoms. The molecule has 0 aromatic heterocycles. The summed E-state index contributed by atoms with van der Waals surface area (Å²) < 4.78 is 12.1. The van der Waals surface area contributed by atoms with Crippen LogP contribution in [-0.2, 0) is 0 Å². The van der Waals surface area contributed by atoms with Crippen molar-refractivity contribution in [1.82, 2.24) is 0 Å². The van der Waals surface area contributed by atoms with Crippen LogP contribution in [0.2, 0.25) is 0 Å². The van der Waals surface area contributed by atoms with Gasteiger partial charge in [0.05, 0.1) is 6.21 Å². The van der Waals surface area contributed by atoms with Crippen LogP contribution in [0, 0.1) is 0 Å². The first-order valence-corrected chi connectivity index (χ1v) is 2.59. The average Bonchev–Trinajstić information content (AvgIpc) is 1.68. The van der Waals surface area contributed by atoms with Gasteiger partial charge in [0, 0.05) is 7.05 Å². The van der Waals surface area contributed by atoms with E-state index in [2.05, 4.69) is 4.99 Å². The summed E-state index contributed by atoms with van der Waals surface area (Å²) in [5, 5.41) is 0. The monoisotopic (exact) mass is 115 g/mol. The van der Waals surface area contributed by atoms with E-state index in [9.17, 15) is 4.39 Å². The van der Waals surface area contributed by atoms with E-state index in [4.69, 9.17) is 0 Å². The Labute approximate surface area is 48.9 Å². The Morgan fingerprint density at radius 2 is 2.38 bits per heavy atom. The highest BCUT2D eigenvalue weighted by atomic mass is 19.1. The summed E-state index contributed by atoms with van der Waals surface area (Å²) in [4.78, 5) is 3.49. The lowest BCUT2D eigenvalue weighted by molar-refractivity contribution is 0.680. The van der Waals surface area contributed by atoms with Gasteiger partial charge in [-0.2, -0.15) is 0 Å². The molecule has 0 aliphatic carbocycles. The van der Waals surface area contributed by atoms with Crippen molar-refractivity contribution in [3.8, 4) is 0 Å². The minimum absolute atomic E-state index is 0.255. The normalized spacial score (nSPS) is 13.1. The molecule has 8 heavy (non-hydrogen) atoms. The maximum atomic E-state index is 12.1. The van der Waals surface area contributed by atoms with Crippen LogP contribution in [0.5, 0.6) is 0 Å². The van der Waals surface area contributed by atoms with Crippen molar-refractivity contribution in [3.05, 3.63) is 11.9 Å². The molecule has 0 saturated carbocycles. The molecule has 46 valence electrons. The topological polar surface area (TPSA) is 12.4 Å². The van der Waals surface area contributed by atoms with Crippen LogP contribution in [-0.4, -0.2) is 13.3 Å². The standard InChI is InChI=1S/C6H10FN/c1-3-4-6(7)5-8-2/h4-5H,3H2,1-2H3/b6-4+,8-5-. The van der Waals surface area contributed by atoms with Crippen LogP contribution in [0.4, 0.5) is 4.39 Å². The summed E-state index contributed by atoms with van der Waals surface area (Å²) in [6.45, 7) is 1.88. The van der Waals surface area contributed by atoms with Crippen LogP contribution in [0.1, 0.15) is 13.3 Å². The van der Waals surface area contributed by atoms with Crippen LogP contribution in [0.25, 0.3) is 0 Å². The van der Waals surface area contributed by atoms with Gasteiger partial charge in [-0.25, -0.2) is 4.39 Å². The van der Waals surface area contributed by atoms with Gasteiger partial charge in [0.25, 0.3) is 0 Å². The second kappa shape index (κ2) is 4.50. The number of allylic oxidation sites excluding steroid dienone is 2. The van der Waals surface area contributed by atoms with Gasteiger partial charge in [-0.05, 0) is 12.5 Å². The van der Waals surface area contributed by atoms with Crippen molar-refractivity contribution in [2.24, 2.45) is 4.99 Å². The highest BCUT2D eigenvalue weighted by Crippen LogP contribution is 1.92. The number of aliphatic imine (C=N–C) groups is 1. The zero-order chi connectivity index (χ0) is 6.41. The third kappa shape index (κ3) is 3.53. The molecule has 0 amide bonds. The average molecular weight is 115 g/mol. The van der Waals surface area contributed by atoms with Crippen LogP contribution < -0.4 is 0 Å². The minimum atomic E-state index is -0.255. The molecule has 0 saturated heterocycles. The van der Waals surface area contributed by atoms with Gasteiger partial charge in [0.15, 0.2) is 0 Å². The Morgan fingerprint density at radius 1 is 1.75 bits per heavy atom. The first-order valence-electron chi connectivity index (χ1n) is 2.59. The molecule has 0 aliphatic rings. The Balaban J connectivity index is 3.61. The summed E-state index contributed by atoms with van der Waals surface area (Å²) in [6, 6.07) is 0. The molecule has 2 heteroatoms. The van der Waals surface area contributed by atoms with E-state index >= 15 is 0 Å². The summed E-state index contributed by atoms with van der Waals surface area (Å²) in [6.07, 6.45) is 3.40. The molecule has 1 nitrogen and oxygen atoms in total. The maximum Gasteiger partial charge on any atom is 0.136 e. The molecular formula is C6H10FN. The smallest absolute Gasteiger partial charge is 0.136 e. The van der Waals surface area contributed by atoms with Crippen LogP contribution >= 0.6 is 0 Å². The quantitative estimate of drug-likeness (QED) is 0.488. The number of halogens is 1. The molecule has 0 radical (unpaired) electrons.